The van der Waals surface area contributed by atoms with Gasteiger partial charge < -0.3 is 15.7 Å². The smallest absolute Gasteiger partial charge is 0.319 e. The number of anilines is 2. The Morgan fingerprint density at radius 1 is 1.23 bits per heavy atom. The number of hydrogen-bond donors (Lipinski definition) is 4. The molecule has 1 aromatic carbocycles. The zero-order valence-corrected chi connectivity index (χ0v) is 16.2. The average molecular weight is 384 g/mol. The van der Waals surface area contributed by atoms with Crippen molar-refractivity contribution in [2.24, 2.45) is 11.3 Å². The summed E-state index contributed by atoms with van der Waals surface area (Å²) >= 11 is 0. The second-order valence-corrected chi connectivity index (χ2v) is 9.03. The van der Waals surface area contributed by atoms with Crippen molar-refractivity contribution in [3.8, 4) is 0 Å². The van der Waals surface area contributed by atoms with Crippen LogP contribution in [0.5, 0.6) is 0 Å². The third kappa shape index (κ3) is 5.35. The van der Waals surface area contributed by atoms with E-state index in [-0.39, 0.29) is 23.8 Å². The minimum Gasteiger partial charge on any atom is -0.396 e. The maximum absolute atomic E-state index is 12.2. The van der Waals surface area contributed by atoms with E-state index < -0.39 is 10.0 Å². The van der Waals surface area contributed by atoms with Gasteiger partial charge in [0.25, 0.3) is 0 Å². The highest BCUT2D eigenvalue weighted by atomic mass is 32.2. The standard InChI is InChI=1S/C18H29N3O4S/c1-3-26(24,25)21-16-7-5-15(6-8-16)20-17(23)19-13-18(10-4-11-18)14(2)9-12-22/h5-8,14,21-22H,3-4,9-13H2,1-2H3,(H2,19,20,23)/t14-/m0/s1. The van der Waals surface area contributed by atoms with Gasteiger partial charge in [-0.3, -0.25) is 4.72 Å². The Morgan fingerprint density at radius 3 is 2.35 bits per heavy atom. The highest BCUT2D eigenvalue weighted by molar-refractivity contribution is 7.92. The molecule has 0 aliphatic heterocycles. The highest BCUT2D eigenvalue weighted by Crippen LogP contribution is 2.47. The first-order chi connectivity index (χ1) is 12.3. The number of benzene rings is 1. The molecule has 2 amide bonds. The van der Waals surface area contributed by atoms with Crippen LogP contribution in [0.3, 0.4) is 0 Å². The molecule has 4 N–H and O–H groups in total. The Balaban J connectivity index is 1.86. The lowest BCUT2D eigenvalue weighted by Crippen LogP contribution is -2.47. The number of carbonyl (C=O) groups excluding carboxylic acids is 1. The Morgan fingerprint density at radius 2 is 1.85 bits per heavy atom. The summed E-state index contributed by atoms with van der Waals surface area (Å²) in [6.45, 7) is 4.46. The fourth-order valence-corrected chi connectivity index (χ4v) is 3.92. The molecule has 1 atom stereocenters. The molecule has 1 aromatic rings. The van der Waals surface area contributed by atoms with E-state index in [2.05, 4.69) is 22.3 Å². The van der Waals surface area contributed by atoms with E-state index in [1.54, 1.807) is 31.2 Å². The third-order valence-corrected chi connectivity index (χ3v) is 6.66. The lowest BCUT2D eigenvalue weighted by atomic mass is 9.60. The summed E-state index contributed by atoms with van der Waals surface area (Å²) in [5.41, 5.74) is 1.14. The van der Waals surface area contributed by atoms with Crippen molar-refractivity contribution in [2.45, 2.75) is 39.5 Å². The van der Waals surface area contributed by atoms with Gasteiger partial charge in [-0.2, -0.15) is 0 Å². The van der Waals surface area contributed by atoms with Gasteiger partial charge in [0.05, 0.1) is 5.75 Å². The molecule has 0 heterocycles. The van der Waals surface area contributed by atoms with Gasteiger partial charge in [-0.25, -0.2) is 13.2 Å². The molecule has 1 fully saturated rings. The molecule has 1 aliphatic carbocycles. The van der Waals surface area contributed by atoms with Gasteiger partial charge in [0.15, 0.2) is 0 Å². The summed E-state index contributed by atoms with van der Waals surface area (Å²) in [6.07, 6.45) is 4.05. The molecule has 0 aromatic heterocycles. The molecule has 1 saturated carbocycles. The Kier molecular flexibility index (Phi) is 6.88. The highest BCUT2D eigenvalue weighted by Gasteiger charge is 2.41. The van der Waals surface area contributed by atoms with Crippen LogP contribution in [0.4, 0.5) is 16.2 Å². The quantitative estimate of drug-likeness (QED) is 0.526. The Labute approximate surface area is 155 Å². The van der Waals surface area contributed by atoms with Crippen LogP contribution < -0.4 is 15.4 Å². The maximum atomic E-state index is 12.2. The van der Waals surface area contributed by atoms with Crippen molar-refractivity contribution in [2.75, 3.05) is 28.9 Å². The average Bonchev–Trinajstić information content (AvgIpc) is 2.56. The van der Waals surface area contributed by atoms with Crippen molar-refractivity contribution >= 4 is 27.4 Å². The molecular formula is C18H29N3O4S. The number of sulfonamides is 1. The second-order valence-electron chi connectivity index (χ2n) is 7.02. The van der Waals surface area contributed by atoms with Gasteiger partial charge in [-0.1, -0.05) is 13.3 Å². The monoisotopic (exact) mass is 383 g/mol. The molecule has 2 rings (SSSR count). The van der Waals surface area contributed by atoms with Crippen LogP contribution >= 0.6 is 0 Å². The van der Waals surface area contributed by atoms with Gasteiger partial charge in [-0.05, 0) is 61.8 Å². The van der Waals surface area contributed by atoms with Crippen LogP contribution in [-0.4, -0.2) is 38.5 Å². The Bertz CT molecular complexity index is 700. The van der Waals surface area contributed by atoms with E-state index in [0.717, 1.165) is 25.7 Å². The molecule has 26 heavy (non-hydrogen) atoms. The fraction of sp³-hybridized carbons (Fsp3) is 0.611. The normalized spacial score (nSPS) is 17.0. The molecule has 1 aliphatic rings. The number of hydrogen-bond acceptors (Lipinski definition) is 4. The zero-order valence-electron chi connectivity index (χ0n) is 15.4. The number of urea groups is 1. The first kappa shape index (κ1) is 20.5. The predicted molar refractivity (Wildman–Crippen MR) is 104 cm³/mol. The summed E-state index contributed by atoms with van der Waals surface area (Å²) in [5.74, 6) is 0.374. The first-order valence-corrected chi connectivity index (χ1v) is 10.7. The number of amides is 2. The van der Waals surface area contributed by atoms with Crippen LogP contribution in [0.1, 0.15) is 39.5 Å². The summed E-state index contributed by atoms with van der Waals surface area (Å²) in [6, 6.07) is 6.25. The minimum absolute atomic E-state index is 0.00581. The van der Waals surface area contributed by atoms with Crippen LogP contribution in [0.2, 0.25) is 0 Å². The zero-order chi connectivity index (χ0) is 19.2. The van der Waals surface area contributed by atoms with Crippen molar-refractivity contribution in [1.82, 2.24) is 5.32 Å². The van der Waals surface area contributed by atoms with Crippen molar-refractivity contribution in [1.29, 1.82) is 0 Å². The number of aliphatic hydroxyl groups is 1. The fourth-order valence-electron chi connectivity index (χ4n) is 3.28. The van der Waals surface area contributed by atoms with Crippen LogP contribution in [0.15, 0.2) is 24.3 Å². The molecule has 0 bridgehead atoms. The summed E-state index contributed by atoms with van der Waals surface area (Å²) in [7, 11) is -3.31. The number of nitrogens with one attached hydrogen (secondary N) is 3. The van der Waals surface area contributed by atoms with Crippen molar-refractivity contribution < 1.29 is 18.3 Å². The summed E-state index contributed by atoms with van der Waals surface area (Å²) in [4.78, 5) is 12.2. The van der Waals surface area contributed by atoms with Crippen LogP contribution in [-0.2, 0) is 10.0 Å². The lowest BCUT2D eigenvalue weighted by molar-refractivity contribution is 0.0462. The van der Waals surface area contributed by atoms with E-state index in [1.165, 1.54) is 0 Å². The molecule has 0 radical (unpaired) electrons. The lowest BCUT2D eigenvalue weighted by Gasteiger charge is -2.46. The Hall–Kier alpha value is -1.80. The second kappa shape index (κ2) is 8.73. The number of rotatable bonds is 9. The third-order valence-electron chi connectivity index (χ3n) is 5.35. The van der Waals surface area contributed by atoms with Crippen molar-refractivity contribution in [3.63, 3.8) is 0 Å². The SMILES string of the molecule is CCS(=O)(=O)Nc1ccc(NC(=O)NCC2([C@@H](C)CCO)CCC2)cc1. The molecule has 0 saturated heterocycles. The summed E-state index contributed by atoms with van der Waals surface area (Å²) < 4.78 is 25.5. The van der Waals surface area contributed by atoms with E-state index in [9.17, 15) is 13.2 Å². The first-order valence-electron chi connectivity index (χ1n) is 9.06. The molecular weight excluding hydrogens is 354 g/mol. The van der Waals surface area contributed by atoms with Gasteiger partial charge >= 0.3 is 6.03 Å². The molecule has 146 valence electrons. The molecule has 7 nitrogen and oxygen atoms in total. The van der Waals surface area contributed by atoms with E-state index >= 15 is 0 Å². The molecule has 0 unspecified atom stereocenters. The van der Waals surface area contributed by atoms with E-state index in [1.807, 2.05) is 0 Å². The minimum atomic E-state index is -3.31. The van der Waals surface area contributed by atoms with Gasteiger partial charge in [0.1, 0.15) is 0 Å². The van der Waals surface area contributed by atoms with Gasteiger partial charge in [0, 0.05) is 24.5 Å². The summed E-state index contributed by atoms with van der Waals surface area (Å²) in [5, 5.41) is 14.9. The number of aliphatic hydroxyl groups excluding tert-OH is 1. The predicted octanol–water partition coefficient (Wildman–Crippen LogP) is 2.76. The van der Waals surface area contributed by atoms with Gasteiger partial charge in [-0.15, -0.1) is 0 Å². The number of carbonyl (C=O) groups is 1. The van der Waals surface area contributed by atoms with Gasteiger partial charge in [0.2, 0.25) is 10.0 Å². The molecule has 8 heteroatoms. The van der Waals surface area contributed by atoms with Crippen molar-refractivity contribution in [3.05, 3.63) is 24.3 Å². The van der Waals surface area contributed by atoms with Crippen LogP contribution in [0, 0.1) is 11.3 Å². The van der Waals surface area contributed by atoms with E-state index in [0.29, 0.717) is 23.8 Å². The maximum Gasteiger partial charge on any atom is 0.319 e. The molecule has 0 spiro atoms. The topological polar surface area (TPSA) is 108 Å². The largest absolute Gasteiger partial charge is 0.396 e. The van der Waals surface area contributed by atoms with Crippen LogP contribution in [0.25, 0.3) is 0 Å². The van der Waals surface area contributed by atoms with E-state index in [4.69, 9.17) is 5.11 Å².